The Hall–Kier alpha value is -1.77. The number of benzene rings is 1. The number of aliphatic hydroxyl groups is 1. The first kappa shape index (κ1) is 14.2. The van der Waals surface area contributed by atoms with Gasteiger partial charge in [-0.2, -0.15) is 10.3 Å². The molecule has 2 heterocycles. The van der Waals surface area contributed by atoms with E-state index in [2.05, 4.69) is 11.1 Å². The van der Waals surface area contributed by atoms with Crippen LogP contribution in [0.4, 0.5) is 5.69 Å². The highest BCUT2D eigenvalue weighted by Gasteiger charge is 2.51. The van der Waals surface area contributed by atoms with Gasteiger partial charge < -0.3 is 14.7 Å². The molecular weight excluding hydrogens is 290 g/mol. The Morgan fingerprint density at radius 3 is 3.05 bits per heavy atom. The van der Waals surface area contributed by atoms with Gasteiger partial charge in [-0.1, -0.05) is 11.6 Å². The summed E-state index contributed by atoms with van der Waals surface area (Å²) in [5, 5.41) is 19.5. The summed E-state index contributed by atoms with van der Waals surface area (Å²) in [6.45, 7) is 4.96. The standard InChI is InChI=1S/C15H16ClN3O2/c1-9-11(4-3-10(7-17)13(9)16)18-14-19-6-5-12(20)15(19,2)8-21-14/h3-4,12,20H,5-6,8H2,1-2H3/b18-14-/t12-,15-/m0/s1. The van der Waals surface area contributed by atoms with Crippen molar-refractivity contribution in [2.75, 3.05) is 13.2 Å². The zero-order valence-corrected chi connectivity index (χ0v) is 12.7. The normalized spacial score (nSPS) is 29.4. The highest BCUT2D eigenvalue weighted by Crippen LogP contribution is 2.37. The molecule has 3 rings (SSSR count). The van der Waals surface area contributed by atoms with Crippen molar-refractivity contribution in [2.45, 2.75) is 31.9 Å². The molecule has 2 atom stereocenters. The third-order valence-electron chi connectivity index (χ3n) is 4.38. The highest BCUT2D eigenvalue weighted by atomic mass is 35.5. The van der Waals surface area contributed by atoms with Crippen molar-refractivity contribution in [1.29, 1.82) is 5.26 Å². The zero-order valence-electron chi connectivity index (χ0n) is 11.9. The van der Waals surface area contributed by atoms with Gasteiger partial charge in [0.25, 0.3) is 6.02 Å². The molecule has 110 valence electrons. The van der Waals surface area contributed by atoms with Crippen molar-refractivity contribution in [2.24, 2.45) is 4.99 Å². The lowest BCUT2D eigenvalue weighted by Gasteiger charge is -2.27. The van der Waals surface area contributed by atoms with Crippen LogP contribution in [0.5, 0.6) is 0 Å². The number of fused-ring (bicyclic) bond motifs is 1. The molecule has 5 nitrogen and oxygen atoms in total. The smallest absolute Gasteiger partial charge is 0.293 e. The van der Waals surface area contributed by atoms with E-state index in [4.69, 9.17) is 21.6 Å². The summed E-state index contributed by atoms with van der Waals surface area (Å²) in [4.78, 5) is 6.53. The van der Waals surface area contributed by atoms with Crippen molar-refractivity contribution in [3.63, 3.8) is 0 Å². The van der Waals surface area contributed by atoms with Crippen molar-refractivity contribution in [3.8, 4) is 6.07 Å². The third kappa shape index (κ3) is 2.06. The Morgan fingerprint density at radius 2 is 2.33 bits per heavy atom. The van der Waals surface area contributed by atoms with Crippen LogP contribution in [0, 0.1) is 18.3 Å². The third-order valence-corrected chi connectivity index (χ3v) is 4.87. The average Bonchev–Trinajstić information content (AvgIpc) is 2.94. The zero-order chi connectivity index (χ0) is 15.2. The van der Waals surface area contributed by atoms with Gasteiger partial charge in [0.05, 0.1) is 22.4 Å². The van der Waals surface area contributed by atoms with Gasteiger partial charge >= 0.3 is 0 Å². The van der Waals surface area contributed by atoms with E-state index in [9.17, 15) is 5.11 Å². The van der Waals surface area contributed by atoms with Crippen LogP contribution < -0.4 is 0 Å². The second-order valence-electron chi connectivity index (χ2n) is 5.68. The number of nitriles is 1. The lowest BCUT2D eigenvalue weighted by molar-refractivity contribution is 0.0714. The van der Waals surface area contributed by atoms with Gasteiger partial charge in [0, 0.05) is 6.54 Å². The topological polar surface area (TPSA) is 68.8 Å². The van der Waals surface area contributed by atoms with Crippen molar-refractivity contribution >= 4 is 23.3 Å². The van der Waals surface area contributed by atoms with Gasteiger partial charge in [-0.3, -0.25) is 0 Å². The lowest BCUT2D eigenvalue weighted by Crippen LogP contribution is -2.46. The first-order valence-electron chi connectivity index (χ1n) is 6.84. The number of halogens is 1. The number of ether oxygens (including phenoxy) is 1. The van der Waals surface area contributed by atoms with Crippen LogP contribution in [-0.2, 0) is 4.74 Å². The Bertz CT molecular complexity index is 668. The van der Waals surface area contributed by atoms with E-state index in [1.54, 1.807) is 12.1 Å². The molecule has 1 N–H and O–H groups in total. The molecule has 0 spiro atoms. The molecule has 2 aliphatic heterocycles. The fourth-order valence-corrected chi connectivity index (χ4v) is 3.05. The first-order valence-corrected chi connectivity index (χ1v) is 7.21. The van der Waals surface area contributed by atoms with E-state index in [1.807, 2.05) is 18.7 Å². The van der Waals surface area contributed by atoms with Gasteiger partial charge in [-0.15, -0.1) is 0 Å². The minimum Gasteiger partial charge on any atom is -0.462 e. The van der Waals surface area contributed by atoms with Crippen molar-refractivity contribution in [3.05, 3.63) is 28.3 Å². The molecule has 0 amide bonds. The summed E-state index contributed by atoms with van der Waals surface area (Å²) in [5.74, 6) is 0. The van der Waals surface area contributed by atoms with Crippen LogP contribution in [0.2, 0.25) is 5.02 Å². The van der Waals surface area contributed by atoms with E-state index in [0.717, 1.165) is 12.1 Å². The van der Waals surface area contributed by atoms with E-state index in [0.29, 0.717) is 35.3 Å². The van der Waals surface area contributed by atoms with Crippen LogP contribution in [0.25, 0.3) is 0 Å². The number of aliphatic hydroxyl groups excluding tert-OH is 1. The fraction of sp³-hybridized carbons (Fsp3) is 0.467. The number of hydrogen-bond donors (Lipinski definition) is 1. The van der Waals surface area contributed by atoms with Crippen LogP contribution in [0.1, 0.15) is 24.5 Å². The fourth-order valence-electron chi connectivity index (χ4n) is 2.85. The maximum absolute atomic E-state index is 10.1. The number of hydrogen-bond acceptors (Lipinski definition) is 4. The average molecular weight is 306 g/mol. The second kappa shape index (κ2) is 4.90. The Balaban J connectivity index is 1.98. The van der Waals surface area contributed by atoms with Gasteiger partial charge in [-0.25, -0.2) is 0 Å². The van der Waals surface area contributed by atoms with Crippen molar-refractivity contribution < 1.29 is 9.84 Å². The Kier molecular flexibility index (Phi) is 3.31. The SMILES string of the molecule is Cc1c(/N=C2\OC[C@@]3(C)[C@@H](O)CCN23)ccc(C#N)c1Cl. The van der Waals surface area contributed by atoms with E-state index >= 15 is 0 Å². The highest BCUT2D eigenvalue weighted by molar-refractivity contribution is 6.32. The monoisotopic (exact) mass is 305 g/mol. The summed E-state index contributed by atoms with van der Waals surface area (Å²) in [6.07, 6.45) is 0.308. The van der Waals surface area contributed by atoms with E-state index in [-0.39, 0.29) is 0 Å². The summed E-state index contributed by atoms with van der Waals surface area (Å²) in [6, 6.07) is 5.98. The predicted molar refractivity (Wildman–Crippen MR) is 79.7 cm³/mol. The van der Waals surface area contributed by atoms with Crippen LogP contribution in [0.3, 0.4) is 0 Å². The summed E-state index contributed by atoms with van der Waals surface area (Å²) in [5.41, 5.74) is 1.47. The van der Waals surface area contributed by atoms with Crippen LogP contribution >= 0.6 is 11.6 Å². The summed E-state index contributed by atoms with van der Waals surface area (Å²) >= 11 is 6.16. The molecule has 6 heteroatoms. The Labute approximate surface area is 128 Å². The van der Waals surface area contributed by atoms with E-state index in [1.165, 1.54) is 0 Å². The molecule has 0 bridgehead atoms. The first-order chi connectivity index (χ1) is 9.97. The molecule has 0 radical (unpaired) electrons. The quantitative estimate of drug-likeness (QED) is 0.865. The number of amidine groups is 1. The molecule has 2 fully saturated rings. The maximum Gasteiger partial charge on any atom is 0.293 e. The molecule has 0 unspecified atom stereocenters. The summed E-state index contributed by atoms with van der Waals surface area (Å²) < 4.78 is 5.66. The van der Waals surface area contributed by atoms with Gasteiger partial charge in [-0.05, 0) is 38.0 Å². The largest absolute Gasteiger partial charge is 0.462 e. The van der Waals surface area contributed by atoms with E-state index < -0.39 is 11.6 Å². The summed E-state index contributed by atoms with van der Waals surface area (Å²) in [7, 11) is 0. The minimum absolute atomic E-state index is 0.400. The molecule has 1 aromatic rings. The molecule has 0 saturated carbocycles. The predicted octanol–water partition coefficient (Wildman–Crippen LogP) is 2.36. The molecular formula is C15H16ClN3O2. The number of aliphatic imine (C=N–C) groups is 1. The number of nitrogens with zero attached hydrogens (tertiary/aromatic N) is 3. The van der Waals surface area contributed by atoms with Crippen LogP contribution in [-0.4, -0.2) is 40.8 Å². The number of rotatable bonds is 1. The maximum atomic E-state index is 10.1. The van der Waals surface area contributed by atoms with Gasteiger partial charge in [0.2, 0.25) is 0 Å². The Morgan fingerprint density at radius 1 is 1.57 bits per heavy atom. The molecule has 0 aliphatic carbocycles. The van der Waals surface area contributed by atoms with Gasteiger partial charge in [0.1, 0.15) is 18.2 Å². The van der Waals surface area contributed by atoms with Crippen LogP contribution in [0.15, 0.2) is 17.1 Å². The molecule has 2 saturated heterocycles. The molecule has 21 heavy (non-hydrogen) atoms. The molecule has 2 aliphatic rings. The minimum atomic E-state index is -0.407. The van der Waals surface area contributed by atoms with Crippen molar-refractivity contribution in [1.82, 2.24) is 4.90 Å². The lowest BCUT2D eigenvalue weighted by atomic mass is 9.98. The molecule has 1 aromatic carbocycles. The second-order valence-corrected chi connectivity index (χ2v) is 6.06. The van der Waals surface area contributed by atoms with Gasteiger partial charge in [0.15, 0.2) is 0 Å². The molecule has 0 aromatic heterocycles.